The lowest BCUT2D eigenvalue weighted by molar-refractivity contribution is -0.140. The van der Waals surface area contributed by atoms with Gasteiger partial charge in [0.25, 0.3) is 0 Å². The van der Waals surface area contributed by atoms with Crippen LogP contribution in [-0.4, -0.2) is 34.1 Å². The third-order valence-corrected chi connectivity index (χ3v) is 2.92. The first-order chi connectivity index (χ1) is 7.70. The van der Waals surface area contributed by atoms with Gasteiger partial charge in [-0.3, -0.25) is 4.79 Å². The second-order valence-electron chi connectivity index (χ2n) is 4.01. The van der Waals surface area contributed by atoms with Crippen LogP contribution in [0.5, 0.6) is 0 Å². The number of aromatic nitrogens is 2. The number of carboxylic acid groups (broad SMARTS) is 1. The minimum Gasteiger partial charge on any atom is -0.481 e. The number of carboxylic acids is 1. The predicted octanol–water partition coefficient (Wildman–Crippen LogP) is 0.950. The number of hydrogen-bond acceptors (Lipinski definition) is 4. The van der Waals surface area contributed by atoms with Crippen molar-refractivity contribution in [3.05, 3.63) is 18.0 Å². The maximum Gasteiger partial charge on any atom is 0.308 e. The zero-order valence-corrected chi connectivity index (χ0v) is 9.26. The molecule has 0 spiro atoms. The maximum absolute atomic E-state index is 10.8. The number of aliphatic carboxylic acids is 1. The zero-order valence-electron chi connectivity index (χ0n) is 9.26. The molecule has 5 nitrogen and oxygen atoms in total. The second-order valence-corrected chi connectivity index (χ2v) is 4.01. The predicted molar refractivity (Wildman–Crippen MR) is 59.4 cm³/mol. The first-order valence-corrected chi connectivity index (χ1v) is 5.49. The fourth-order valence-electron chi connectivity index (χ4n) is 1.84. The number of rotatable bonds is 3. The molecular weight excluding hydrogens is 206 g/mol. The summed E-state index contributed by atoms with van der Waals surface area (Å²) in [5, 5.41) is 8.89. The van der Waals surface area contributed by atoms with Gasteiger partial charge in [-0.2, -0.15) is 0 Å². The number of aryl methyl sites for hydroxylation is 1. The van der Waals surface area contributed by atoms with Crippen LogP contribution in [0, 0.1) is 5.92 Å². The van der Waals surface area contributed by atoms with Gasteiger partial charge in [-0.15, -0.1) is 0 Å². The summed E-state index contributed by atoms with van der Waals surface area (Å²) in [7, 11) is 0. The van der Waals surface area contributed by atoms with Crippen LogP contribution in [-0.2, 0) is 11.2 Å². The van der Waals surface area contributed by atoms with Gasteiger partial charge in [0.15, 0.2) is 0 Å². The largest absolute Gasteiger partial charge is 0.481 e. The van der Waals surface area contributed by atoms with Crippen LogP contribution >= 0.6 is 0 Å². The third kappa shape index (κ3) is 2.13. The van der Waals surface area contributed by atoms with Crippen molar-refractivity contribution >= 4 is 11.9 Å². The Kier molecular flexibility index (Phi) is 3.03. The van der Waals surface area contributed by atoms with Crippen LogP contribution in [0.3, 0.4) is 0 Å². The van der Waals surface area contributed by atoms with E-state index in [1.807, 2.05) is 4.90 Å². The molecule has 1 aliphatic heterocycles. The molecule has 1 aromatic rings. The molecule has 2 heterocycles. The molecule has 1 N–H and O–H groups in total. The van der Waals surface area contributed by atoms with E-state index in [0.29, 0.717) is 18.9 Å². The fourth-order valence-corrected chi connectivity index (χ4v) is 1.84. The van der Waals surface area contributed by atoms with Crippen molar-refractivity contribution in [2.75, 3.05) is 18.0 Å². The van der Waals surface area contributed by atoms with Gasteiger partial charge >= 0.3 is 5.97 Å². The SMILES string of the molecule is CCc1cnc(N2CCC(C(=O)O)C2)nc1. The fraction of sp³-hybridized carbons (Fsp3) is 0.545. The molecule has 0 bridgehead atoms. The summed E-state index contributed by atoms with van der Waals surface area (Å²) < 4.78 is 0. The van der Waals surface area contributed by atoms with E-state index < -0.39 is 5.97 Å². The molecule has 1 atom stereocenters. The molecule has 1 unspecified atom stereocenters. The molecule has 0 aliphatic carbocycles. The molecule has 0 aromatic carbocycles. The van der Waals surface area contributed by atoms with Crippen molar-refractivity contribution in [2.45, 2.75) is 19.8 Å². The minimum atomic E-state index is -0.729. The average Bonchev–Trinajstić information content (AvgIpc) is 2.78. The molecule has 16 heavy (non-hydrogen) atoms. The topological polar surface area (TPSA) is 66.3 Å². The van der Waals surface area contributed by atoms with Crippen LogP contribution in [0.1, 0.15) is 18.9 Å². The van der Waals surface area contributed by atoms with Crippen molar-refractivity contribution in [1.29, 1.82) is 0 Å². The van der Waals surface area contributed by atoms with E-state index in [4.69, 9.17) is 5.11 Å². The zero-order chi connectivity index (χ0) is 11.5. The van der Waals surface area contributed by atoms with Crippen molar-refractivity contribution in [3.8, 4) is 0 Å². The van der Waals surface area contributed by atoms with E-state index in [9.17, 15) is 4.79 Å². The van der Waals surface area contributed by atoms with E-state index >= 15 is 0 Å². The molecule has 0 radical (unpaired) electrons. The van der Waals surface area contributed by atoms with Gasteiger partial charge in [0.05, 0.1) is 5.92 Å². The average molecular weight is 221 g/mol. The summed E-state index contributed by atoms with van der Waals surface area (Å²) in [5.74, 6) is -0.372. The van der Waals surface area contributed by atoms with Crippen molar-refractivity contribution in [1.82, 2.24) is 9.97 Å². The molecule has 1 saturated heterocycles. The maximum atomic E-state index is 10.8. The highest BCUT2D eigenvalue weighted by Gasteiger charge is 2.29. The molecular formula is C11H15N3O2. The molecule has 1 aromatic heterocycles. The van der Waals surface area contributed by atoms with Crippen molar-refractivity contribution in [2.24, 2.45) is 5.92 Å². The van der Waals surface area contributed by atoms with Gasteiger partial charge in [-0.25, -0.2) is 9.97 Å². The summed E-state index contributed by atoms with van der Waals surface area (Å²) >= 11 is 0. The lowest BCUT2D eigenvalue weighted by Gasteiger charge is -2.15. The van der Waals surface area contributed by atoms with Crippen LogP contribution in [0.2, 0.25) is 0 Å². The Balaban J connectivity index is 2.05. The number of hydrogen-bond donors (Lipinski definition) is 1. The van der Waals surface area contributed by atoms with Gasteiger partial charge < -0.3 is 10.0 Å². The van der Waals surface area contributed by atoms with Crippen LogP contribution in [0.15, 0.2) is 12.4 Å². The first-order valence-electron chi connectivity index (χ1n) is 5.49. The summed E-state index contributed by atoms with van der Waals surface area (Å²) in [6, 6.07) is 0. The molecule has 2 rings (SSSR count). The van der Waals surface area contributed by atoms with Crippen molar-refractivity contribution in [3.63, 3.8) is 0 Å². The van der Waals surface area contributed by atoms with Gasteiger partial charge in [0, 0.05) is 25.5 Å². The molecule has 5 heteroatoms. The number of anilines is 1. The lowest BCUT2D eigenvalue weighted by Crippen LogP contribution is -2.24. The van der Waals surface area contributed by atoms with E-state index in [1.54, 1.807) is 12.4 Å². The van der Waals surface area contributed by atoms with E-state index in [1.165, 1.54) is 0 Å². The minimum absolute atomic E-state index is 0.283. The van der Waals surface area contributed by atoms with Crippen LogP contribution in [0.4, 0.5) is 5.95 Å². The Morgan fingerprint density at radius 3 is 2.75 bits per heavy atom. The Labute approximate surface area is 94.1 Å². The third-order valence-electron chi connectivity index (χ3n) is 2.92. The highest BCUT2D eigenvalue weighted by Crippen LogP contribution is 2.20. The summed E-state index contributed by atoms with van der Waals surface area (Å²) in [4.78, 5) is 21.2. The molecule has 1 fully saturated rings. The smallest absolute Gasteiger partial charge is 0.308 e. The van der Waals surface area contributed by atoms with Gasteiger partial charge in [0.1, 0.15) is 0 Å². The van der Waals surface area contributed by atoms with Gasteiger partial charge in [-0.05, 0) is 18.4 Å². The second kappa shape index (κ2) is 4.47. The molecule has 0 amide bonds. The Bertz CT molecular complexity index is 377. The van der Waals surface area contributed by atoms with Crippen LogP contribution < -0.4 is 4.90 Å². The van der Waals surface area contributed by atoms with Crippen molar-refractivity contribution < 1.29 is 9.90 Å². The van der Waals surface area contributed by atoms with Gasteiger partial charge in [0.2, 0.25) is 5.95 Å². The number of nitrogens with zero attached hydrogens (tertiary/aromatic N) is 3. The normalized spacial score (nSPS) is 20.1. The lowest BCUT2D eigenvalue weighted by atomic mass is 10.1. The highest BCUT2D eigenvalue weighted by molar-refractivity contribution is 5.71. The van der Waals surface area contributed by atoms with E-state index in [0.717, 1.165) is 18.5 Å². The van der Waals surface area contributed by atoms with E-state index in [-0.39, 0.29) is 5.92 Å². The Morgan fingerprint density at radius 2 is 2.25 bits per heavy atom. The van der Waals surface area contributed by atoms with Gasteiger partial charge in [-0.1, -0.05) is 6.92 Å². The number of carbonyl (C=O) groups is 1. The summed E-state index contributed by atoms with van der Waals surface area (Å²) in [5.41, 5.74) is 1.10. The quantitative estimate of drug-likeness (QED) is 0.823. The molecule has 0 saturated carbocycles. The summed E-state index contributed by atoms with van der Waals surface area (Å²) in [6.45, 7) is 3.29. The standard InChI is InChI=1S/C11H15N3O2/c1-2-8-5-12-11(13-6-8)14-4-3-9(7-14)10(15)16/h5-6,9H,2-4,7H2,1H3,(H,15,16). The summed E-state index contributed by atoms with van der Waals surface area (Å²) in [6.07, 6.45) is 5.19. The monoisotopic (exact) mass is 221 g/mol. The molecule has 1 aliphatic rings. The first kappa shape index (κ1) is 10.9. The Hall–Kier alpha value is -1.65. The van der Waals surface area contributed by atoms with Crippen LogP contribution in [0.25, 0.3) is 0 Å². The Morgan fingerprint density at radius 1 is 1.56 bits per heavy atom. The molecule has 86 valence electrons. The van der Waals surface area contributed by atoms with E-state index in [2.05, 4.69) is 16.9 Å². The highest BCUT2D eigenvalue weighted by atomic mass is 16.4.